The molecule has 0 unspecified atom stereocenters. The molecule has 5 nitrogen and oxygen atoms in total. The fraction of sp³-hybridized carbons (Fsp3) is 0.333. The molecule has 0 aliphatic rings. The van der Waals surface area contributed by atoms with Gasteiger partial charge < -0.3 is 15.0 Å². The maximum absolute atomic E-state index is 12.9. The molecule has 2 aromatic carbocycles. The van der Waals surface area contributed by atoms with E-state index < -0.39 is 6.04 Å². The van der Waals surface area contributed by atoms with Gasteiger partial charge in [0.15, 0.2) is 0 Å². The lowest BCUT2D eigenvalue weighted by Crippen LogP contribution is -2.48. The van der Waals surface area contributed by atoms with Gasteiger partial charge >= 0.3 is 0 Å². The Morgan fingerprint density at radius 1 is 1.04 bits per heavy atom. The summed E-state index contributed by atoms with van der Waals surface area (Å²) in [7, 11) is 1.61. The summed E-state index contributed by atoms with van der Waals surface area (Å²) in [5.74, 6) is 0.516. The third kappa shape index (κ3) is 5.34. The van der Waals surface area contributed by atoms with E-state index in [0.29, 0.717) is 13.1 Å². The van der Waals surface area contributed by atoms with Gasteiger partial charge in [-0.05, 0) is 37.1 Å². The summed E-state index contributed by atoms with van der Waals surface area (Å²) in [5.41, 5.74) is 1.88. The second-order valence-electron chi connectivity index (χ2n) is 6.10. The van der Waals surface area contributed by atoms with Gasteiger partial charge in [-0.3, -0.25) is 9.59 Å². The fourth-order valence-corrected chi connectivity index (χ4v) is 2.70. The van der Waals surface area contributed by atoms with Crippen LogP contribution in [0.5, 0.6) is 5.75 Å². The van der Waals surface area contributed by atoms with Gasteiger partial charge in [0.05, 0.1) is 13.5 Å². The number of nitrogens with zero attached hydrogens (tertiary/aromatic N) is 1. The molecule has 138 valence electrons. The van der Waals surface area contributed by atoms with Crippen molar-refractivity contribution in [2.45, 2.75) is 32.9 Å². The van der Waals surface area contributed by atoms with Gasteiger partial charge in [0.25, 0.3) is 0 Å². The Labute approximate surface area is 155 Å². The Bertz CT molecular complexity index is 714. The minimum Gasteiger partial charge on any atom is -0.497 e. The molecule has 2 rings (SSSR count). The van der Waals surface area contributed by atoms with Crippen molar-refractivity contribution >= 4 is 11.8 Å². The van der Waals surface area contributed by atoms with Crippen LogP contribution in [0.15, 0.2) is 54.6 Å². The molecule has 26 heavy (non-hydrogen) atoms. The van der Waals surface area contributed by atoms with Crippen molar-refractivity contribution in [3.8, 4) is 5.75 Å². The number of nitrogens with one attached hydrogen (secondary N) is 1. The molecule has 0 heterocycles. The predicted octanol–water partition coefficient (Wildman–Crippen LogP) is 2.79. The molecule has 0 fully saturated rings. The fourth-order valence-electron chi connectivity index (χ4n) is 2.70. The summed E-state index contributed by atoms with van der Waals surface area (Å²) in [6.07, 6.45) is 0.237. The van der Waals surface area contributed by atoms with Crippen LogP contribution in [0.25, 0.3) is 0 Å². The molecule has 1 atom stereocenters. The summed E-state index contributed by atoms with van der Waals surface area (Å²) in [6, 6.07) is 16.6. The van der Waals surface area contributed by atoms with Crippen LogP contribution in [0.2, 0.25) is 0 Å². The number of ether oxygens (including phenoxy) is 1. The molecule has 0 aliphatic carbocycles. The first-order valence-corrected chi connectivity index (χ1v) is 8.79. The van der Waals surface area contributed by atoms with E-state index in [0.717, 1.165) is 16.9 Å². The normalized spacial score (nSPS) is 11.5. The lowest BCUT2D eigenvalue weighted by molar-refractivity contribution is -0.140. The first-order valence-electron chi connectivity index (χ1n) is 8.79. The zero-order chi connectivity index (χ0) is 18.9. The van der Waals surface area contributed by atoms with Crippen LogP contribution in [0, 0.1) is 0 Å². The highest BCUT2D eigenvalue weighted by molar-refractivity contribution is 5.88. The summed E-state index contributed by atoms with van der Waals surface area (Å²) < 4.78 is 5.15. The van der Waals surface area contributed by atoms with Crippen LogP contribution in [0.1, 0.15) is 25.0 Å². The number of rotatable bonds is 8. The van der Waals surface area contributed by atoms with E-state index >= 15 is 0 Å². The number of hydrogen-bond acceptors (Lipinski definition) is 3. The van der Waals surface area contributed by atoms with E-state index in [1.54, 1.807) is 18.9 Å². The zero-order valence-corrected chi connectivity index (χ0v) is 15.6. The van der Waals surface area contributed by atoms with Crippen molar-refractivity contribution < 1.29 is 14.3 Å². The van der Waals surface area contributed by atoms with E-state index in [1.807, 2.05) is 61.5 Å². The van der Waals surface area contributed by atoms with Crippen LogP contribution in [-0.2, 0) is 22.6 Å². The van der Waals surface area contributed by atoms with Crippen molar-refractivity contribution in [2.24, 2.45) is 0 Å². The van der Waals surface area contributed by atoms with Crippen molar-refractivity contribution in [2.75, 3.05) is 13.7 Å². The van der Waals surface area contributed by atoms with Gasteiger partial charge in [-0.25, -0.2) is 0 Å². The SMILES string of the molecule is CCNC(=O)[C@H](C)N(Cc1ccccc1)C(=O)Cc1ccc(OC)cc1. The number of carbonyl (C=O) groups excluding carboxylic acids is 2. The predicted molar refractivity (Wildman–Crippen MR) is 102 cm³/mol. The molecule has 0 bridgehead atoms. The summed E-state index contributed by atoms with van der Waals surface area (Å²) in [4.78, 5) is 26.9. The number of carbonyl (C=O) groups is 2. The molecular formula is C21H26N2O3. The molecule has 0 saturated carbocycles. The Kier molecular flexibility index (Phi) is 7.21. The molecule has 2 amide bonds. The molecule has 5 heteroatoms. The minimum atomic E-state index is -0.541. The first kappa shape index (κ1) is 19.5. The monoisotopic (exact) mass is 354 g/mol. The standard InChI is InChI=1S/C21H26N2O3/c1-4-22-21(25)16(2)23(15-18-8-6-5-7-9-18)20(24)14-17-10-12-19(26-3)13-11-17/h5-13,16H,4,14-15H2,1-3H3,(H,22,25)/t16-/m0/s1. The molecule has 0 aliphatic heterocycles. The quantitative estimate of drug-likeness (QED) is 0.793. The average Bonchev–Trinajstić information content (AvgIpc) is 2.67. The number of hydrogen-bond donors (Lipinski definition) is 1. The van der Waals surface area contributed by atoms with Crippen molar-refractivity contribution in [3.05, 3.63) is 65.7 Å². The van der Waals surface area contributed by atoms with Crippen LogP contribution in [0.4, 0.5) is 0 Å². The van der Waals surface area contributed by atoms with Crippen LogP contribution < -0.4 is 10.1 Å². The van der Waals surface area contributed by atoms with Gasteiger partial charge in [-0.1, -0.05) is 42.5 Å². The molecule has 1 N–H and O–H groups in total. The number of amides is 2. The maximum atomic E-state index is 12.9. The third-order valence-corrected chi connectivity index (χ3v) is 4.23. The zero-order valence-electron chi connectivity index (χ0n) is 15.6. The molecule has 2 aromatic rings. The molecule has 0 aromatic heterocycles. The maximum Gasteiger partial charge on any atom is 0.242 e. The third-order valence-electron chi connectivity index (χ3n) is 4.23. The Balaban J connectivity index is 2.17. The summed E-state index contributed by atoms with van der Waals surface area (Å²) in [6.45, 7) is 4.56. The minimum absolute atomic E-state index is 0.0854. The van der Waals surface area contributed by atoms with Gasteiger partial charge in [0.1, 0.15) is 11.8 Å². The van der Waals surface area contributed by atoms with Crippen LogP contribution in [0.3, 0.4) is 0 Å². The highest BCUT2D eigenvalue weighted by Gasteiger charge is 2.25. The lowest BCUT2D eigenvalue weighted by atomic mass is 10.1. The molecule has 0 radical (unpaired) electrons. The lowest BCUT2D eigenvalue weighted by Gasteiger charge is -2.28. The molecular weight excluding hydrogens is 328 g/mol. The van der Waals surface area contributed by atoms with Gasteiger partial charge in [0.2, 0.25) is 11.8 Å². The van der Waals surface area contributed by atoms with E-state index in [-0.39, 0.29) is 18.2 Å². The van der Waals surface area contributed by atoms with Crippen molar-refractivity contribution in [1.82, 2.24) is 10.2 Å². The van der Waals surface area contributed by atoms with Gasteiger partial charge in [0, 0.05) is 13.1 Å². The smallest absolute Gasteiger partial charge is 0.242 e. The van der Waals surface area contributed by atoms with E-state index in [2.05, 4.69) is 5.32 Å². The van der Waals surface area contributed by atoms with Crippen molar-refractivity contribution in [3.63, 3.8) is 0 Å². The van der Waals surface area contributed by atoms with Crippen molar-refractivity contribution in [1.29, 1.82) is 0 Å². The van der Waals surface area contributed by atoms with Gasteiger partial charge in [-0.2, -0.15) is 0 Å². The highest BCUT2D eigenvalue weighted by atomic mass is 16.5. The molecule has 0 spiro atoms. The largest absolute Gasteiger partial charge is 0.497 e. The summed E-state index contributed by atoms with van der Waals surface area (Å²) >= 11 is 0. The molecule has 0 saturated heterocycles. The number of benzene rings is 2. The first-order chi connectivity index (χ1) is 12.5. The topological polar surface area (TPSA) is 58.6 Å². The Morgan fingerprint density at radius 2 is 1.69 bits per heavy atom. The van der Waals surface area contributed by atoms with Crippen LogP contribution in [-0.4, -0.2) is 36.4 Å². The Morgan fingerprint density at radius 3 is 2.27 bits per heavy atom. The van der Waals surface area contributed by atoms with E-state index in [9.17, 15) is 9.59 Å². The van der Waals surface area contributed by atoms with E-state index in [1.165, 1.54) is 0 Å². The number of methoxy groups -OCH3 is 1. The van der Waals surface area contributed by atoms with Crippen LogP contribution >= 0.6 is 0 Å². The Hall–Kier alpha value is -2.82. The van der Waals surface area contributed by atoms with E-state index in [4.69, 9.17) is 4.74 Å². The average molecular weight is 354 g/mol. The second-order valence-corrected chi connectivity index (χ2v) is 6.10. The number of likely N-dealkylation sites (N-methyl/N-ethyl adjacent to an activating group) is 1. The highest BCUT2D eigenvalue weighted by Crippen LogP contribution is 2.15. The summed E-state index contributed by atoms with van der Waals surface area (Å²) in [5, 5.41) is 2.80. The van der Waals surface area contributed by atoms with Gasteiger partial charge in [-0.15, -0.1) is 0 Å². The second kappa shape index (κ2) is 9.61.